The number of carbonyl (C=O) groups excluding carboxylic acids is 2. The lowest BCUT2D eigenvalue weighted by Gasteiger charge is -2.54. The summed E-state index contributed by atoms with van der Waals surface area (Å²) in [7, 11) is 2.02. The standard InChI is InChI=1S/C21H27NO5/c1-5-22(4)16-11-13-8-9-15(26-12(2)23)18-17(13)20(3)19(27-18)14(24)7-6-10-21(16,20)25/h8-9,16,19,25H,5-7,10-11H2,1-4H3/t16-,19+,20+,21-/m1/s1. The van der Waals surface area contributed by atoms with Gasteiger partial charge in [-0.15, -0.1) is 0 Å². The van der Waals surface area contributed by atoms with Crippen LogP contribution >= 0.6 is 0 Å². The van der Waals surface area contributed by atoms with E-state index in [2.05, 4.69) is 11.8 Å². The van der Waals surface area contributed by atoms with E-state index in [1.165, 1.54) is 6.92 Å². The van der Waals surface area contributed by atoms with Gasteiger partial charge in [-0.05, 0) is 51.4 Å². The minimum absolute atomic E-state index is 0.00384. The normalized spacial score (nSPS) is 34.1. The number of carbonyl (C=O) groups is 2. The Morgan fingerprint density at radius 3 is 2.85 bits per heavy atom. The Kier molecular flexibility index (Phi) is 4.13. The smallest absolute Gasteiger partial charge is 0.308 e. The molecule has 146 valence electrons. The highest BCUT2D eigenvalue weighted by Crippen LogP contribution is 2.60. The molecule has 1 aromatic carbocycles. The zero-order valence-electron chi connectivity index (χ0n) is 16.4. The predicted octanol–water partition coefficient (Wildman–Crippen LogP) is 1.99. The van der Waals surface area contributed by atoms with E-state index in [9.17, 15) is 14.7 Å². The molecule has 4 rings (SSSR count). The Balaban J connectivity index is 1.98. The van der Waals surface area contributed by atoms with Crippen LogP contribution < -0.4 is 9.47 Å². The summed E-state index contributed by atoms with van der Waals surface area (Å²) in [5, 5.41) is 12.1. The van der Waals surface area contributed by atoms with Crippen LogP contribution in [0.5, 0.6) is 11.5 Å². The predicted molar refractivity (Wildman–Crippen MR) is 99.1 cm³/mol. The van der Waals surface area contributed by atoms with E-state index in [1.807, 2.05) is 20.0 Å². The quantitative estimate of drug-likeness (QED) is 0.645. The summed E-state index contributed by atoms with van der Waals surface area (Å²) in [6.45, 7) is 6.16. The molecule has 0 bridgehead atoms. The minimum Gasteiger partial charge on any atom is -0.477 e. The third-order valence-corrected chi connectivity index (χ3v) is 6.91. The van der Waals surface area contributed by atoms with Gasteiger partial charge >= 0.3 is 5.97 Å². The summed E-state index contributed by atoms with van der Waals surface area (Å²) < 4.78 is 11.5. The average molecular weight is 373 g/mol. The second kappa shape index (κ2) is 6.04. The van der Waals surface area contributed by atoms with Crippen molar-refractivity contribution in [2.75, 3.05) is 13.6 Å². The number of Topliss-reactive ketones (excluding diaryl/α,β-unsaturated/α-hetero) is 1. The third kappa shape index (κ3) is 2.32. The van der Waals surface area contributed by atoms with Crippen molar-refractivity contribution >= 4 is 11.8 Å². The maximum Gasteiger partial charge on any atom is 0.308 e. The maximum atomic E-state index is 12.9. The van der Waals surface area contributed by atoms with E-state index in [0.29, 0.717) is 37.2 Å². The van der Waals surface area contributed by atoms with E-state index < -0.39 is 23.1 Å². The number of esters is 1. The molecule has 1 N–H and O–H groups in total. The molecular weight excluding hydrogens is 346 g/mol. The average Bonchev–Trinajstić information content (AvgIpc) is 2.90. The summed E-state index contributed by atoms with van der Waals surface area (Å²) in [6, 6.07) is 3.57. The van der Waals surface area contributed by atoms with Gasteiger partial charge in [0.15, 0.2) is 23.4 Å². The van der Waals surface area contributed by atoms with E-state index in [0.717, 1.165) is 17.7 Å². The van der Waals surface area contributed by atoms with Crippen LogP contribution in [0.15, 0.2) is 12.1 Å². The minimum atomic E-state index is -1.10. The summed E-state index contributed by atoms with van der Waals surface area (Å²) in [5.41, 5.74) is -0.0737. The van der Waals surface area contributed by atoms with Gasteiger partial charge in [-0.3, -0.25) is 9.59 Å². The van der Waals surface area contributed by atoms with Crippen LogP contribution in [-0.2, 0) is 21.4 Å². The molecule has 4 atom stereocenters. The number of ether oxygens (including phenoxy) is 2. The number of hydrogen-bond donors (Lipinski definition) is 1. The molecule has 0 spiro atoms. The number of rotatable bonds is 3. The molecule has 1 heterocycles. The highest BCUT2D eigenvalue weighted by atomic mass is 16.6. The Hall–Kier alpha value is -1.92. The summed E-state index contributed by atoms with van der Waals surface area (Å²) in [4.78, 5) is 26.6. The highest BCUT2D eigenvalue weighted by molar-refractivity contribution is 5.88. The Bertz CT molecular complexity index is 821. The third-order valence-electron chi connectivity index (χ3n) is 6.91. The number of nitrogens with zero attached hydrogens (tertiary/aromatic N) is 1. The van der Waals surface area contributed by atoms with E-state index in [1.54, 1.807) is 6.07 Å². The largest absolute Gasteiger partial charge is 0.477 e. The lowest BCUT2D eigenvalue weighted by molar-refractivity contribution is -0.142. The molecule has 3 aliphatic rings. The van der Waals surface area contributed by atoms with Gasteiger partial charge in [0.2, 0.25) is 0 Å². The zero-order valence-corrected chi connectivity index (χ0v) is 16.4. The van der Waals surface area contributed by atoms with E-state index >= 15 is 0 Å². The van der Waals surface area contributed by atoms with Gasteiger partial charge in [-0.25, -0.2) is 0 Å². The van der Waals surface area contributed by atoms with Gasteiger partial charge in [0, 0.05) is 24.9 Å². The fraction of sp³-hybridized carbons (Fsp3) is 0.619. The highest BCUT2D eigenvalue weighted by Gasteiger charge is 2.67. The summed E-state index contributed by atoms with van der Waals surface area (Å²) >= 11 is 0. The van der Waals surface area contributed by atoms with Crippen LogP contribution in [-0.4, -0.2) is 53.1 Å². The van der Waals surface area contributed by atoms with Gasteiger partial charge in [0.05, 0.1) is 11.0 Å². The first-order valence-electron chi connectivity index (χ1n) is 9.70. The number of likely N-dealkylation sites (N-methyl/N-ethyl adjacent to an activating group) is 1. The first-order chi connectivity index (χ1) is 12.7. The lowest BCUT2D eigenvalue weighted by Crippen LogP contribution is -2.68. The molecule has 0 aromatic heterocycles. The van der Waals surface area contributed by atoms with E-state index in [4.69, 9.17) is 9.47 Å². The van der Waals surface area contributed by atoms with Gasteiger partial charge < -0.3 is 19.5 Å². The van der Waals surface area contributed by atoms with Crippen molar-refractivity contribution in [1.82, 2.24) is 4.90 Å². The Morgan fingerprint density at radius 1 is 1.44 bits per heavy atom. The molecule has 0 radical (unpaired) electrons. The van der Waals surface area contributed by atoms with Crippen molar-refractivity contribution in [2.45, 2.75) is 69.6 Å². The second-order valence-corrected chi connectivity index (χ2v) is 8.26. The van der Waals surface area contributed by atoms with E-state index in [-0.39, 0.29) is 11.8 Å². The van der Waals surface area contributed by atoms with Crippen molar-refractivity contribution in [3.05, 3.63) is 23.3 Å². The Labute approximate surface area is 159 Å². The topological polar surface area (TPSA) is 76.1 Å². The number of benzene rings is 1. The lowest BCUT2D eigenvalue weighted by atomic mass is 9.56. The van der Waals surface area contributed by atoms with Crippen molar-refractivity contribution < 1.29 is 24.2 Å². The van der Waals surface area contributed by atoms with Crippen molar-refractivity contribution in [3.63, 3.8) is 0 Å². The van der Waals surface area contributed by atoms with Crippen LogP contribution in [0.25, 0.3) is 0 Å². The number of ketones is 1. The van der Waals surface area contributed by atoms with Crippen molar-refractivity contribution in [3.8, 4) is 11.5 Å². The molecule has 6 nitrogen and oxygen atoms in total. The number of hydrogen-bond acceptors (Lipinski definition) is 6. The van der Waals surface area contributed by atoms with Gasteiger partial charge in [0.1, 0.15) is 0 Å². The second-order valence-electron chi connectivity index (χ2n) is 8.26. The molecule has 6 heteroatoms. The molecular formula is C21H27NO5. The van der Waals surface area contributed by atoms with Gasteiger partial charge in [-0.2, -0.15) is 0 Å². The van der Waals surface area contributed by atoms with Crippen molar-refractivity contribution in [2.24, 2.45) is 0 Å². The molecule has 0 amide bonds. The molecule has 2 aliphatic carbocycles. The molecule has 0 saturated heterocycles. The molecule has 1 fully saturated rings. The first kappa shape index (κ1) is 18.4. The molecule has 0 unspecified atom stereocenters. The van der Waals surface area contributed by atoms with Crippen LogP contribution in [0.3, 0.4) is 0 Å². The maximum absolute atomic E-state index is 12.9. The molecule has 1 aromatic rings. The molecule has 1 saturated carbocycles. The van der Waals surface area contributed by atoms with Gasteiger partial charge in [-0.1, -0.05) is 13.0 Å². The van der Waals surface area contributed by atoms with Gasteiger partial charge in [0.25, 0.3) is 0 Å². The summed E-state index contributed by atoms with van der Waals surface area (Å²) in [6.07, 6.45) is 1.48. The monoisotopic (exact) mass is 373 g/mol. The van der Waals surface area contributed by atoms with Crippen LogP contribution in [0, 0.1) is 0 Å². The van der Waals surface area contributed by atoms with Crippen LogP contribution in [0.4, 0.5) is 0 Å². The molecule has 1 aliphatic heterocycles. The number of aliphatic hydroxyl groups is 1. The molecule has 27 heavy (non-hydrogen) atoms. The van der Waals surface area contributed by atoms with Crippen LogP contribution in [0.1, 0.15) is 51.2 Å². The summed E-state index contributed by atoms with van der Waals surface area (Å²) in [5.74, 6) is 0.340. The van der Waals surface area contributed by atoms with Crippen molar-refractivity contribution in [1.29, 1.82) is 0 Å². The SMILES string of the molecule is CCN(C)[C@@H]1Cc2ccc(OC(C)=O)c3c2[C@@]2(C)[C@@H](O3)C(=O)CCC[C@@]12O. The fourth-order valence-corrected chi connectivity index (χ4v) is 5.45. The van der Waals surface area contributed by atoms with Crippen LogP contribution in [0.2, 0.25) is 0 Å². The first-order valence-corrected chi connectivity index (χ1v) is 9.70. The fourth-order valence-electron chi connectivity index (χ4n) is 5.45. The zero-order chi connectivity index (χ0) is 19.6. The Morgan fingerprint density at radius 2 is 2.19 bits per heavy atom.